The molecule has 1 fully saturated rings. The predicted molar refractivity (Wildman–Crippen MR) is 113 cm³/mol. The molecule has 0 unspecified atom stereocenters. The topological polar surface area (TPSA) is 98.5 Å². The van der Waals surface area contributed by atoms with Crippen molar-refractivity contribution in [3.63, 3.8) is 0 Å². The summed E-state index contributed by atoms with van der Waals surface area (Å²) < 4.78 is 5.12. The molecule has 0 radical (unpaired) electrons. The Morgan fingerprint density at radius 3 is 2.83 bits per heavy atom. The maximum atomic E-state index is 12.4. The second-order valence-electron chi connectivity index (χ2n) is 7.29. The van der Waals surface area contributed by atoms with Crippen molar-refractivity contribution in [1.29, 1.82) is 0 Å². The van der Waals surface area contributed by atoms with E-state index in [2.05, 4.69) is 50.4 Å². The molecule has 2 aliphatic rings. The van der Waals surface area contributed by atoms with Gasteiger partial charge in [-0.15, -0.1) is 0 Å². The van der Waals surface area contributed by atoms with Crippen molar-refractivity contribution in [3.05, 3.63) is 47.2 Å². The highest BCUT2D eigenvalue weighted by atomic mass is 16.5. The van der Waals surface area contributed by atoms with Crippen LogP contribution in [0.5, 0.6) is 0 Å². The van der Waals surface area contributed by atoms with Crippen LogP contribution in [0.4, 0.5) is 0 Å². The van der Waals surface area contributed by atoms with E-state index in [0.717, 1.165) is 19.5 Å². The predicted octanol–water partition coefficient (Wildman–Crippen LogP) is 0.123. The number of amidine groups is 1. The fourth-order valence-corrected chi connectivity index (χ4v) is 3.39. The van der Waals surface area contributed by atoms with Gasteiger partial charge in [0.2, 0.25) is 0 Å². The van der Waals surface area contributed by atoms with E-state index in [1.807, 2.05) is 6.07 Å². The third-order valence-electron chi connectivity index (χ3n) is 5.08. The summed E-state index contributed by atoms with van der Waals surface area (Å²) in [5.41, 5.74) is 2.82. The second-order valence-corrected chi connectivity index (χ2v) is 7.29. The van der Waals surface area contributed by atoms with Gasteiger partial charge in [0, 0.05) is 39.3 Å². The Hall–Kier alpha value is -2.55. The Bertz CT molecular complexity index is 788. The molecule has 1 atom stereocenters. The molecule has 3 rings (SSSR count). The number of nitrogens with zero attached hydrogens (tertiary/aromatic N) is 3. The summed E-state index contributed by atoms with van der Waals surface area (Å²) in [6.07, 6.45) is 1.86. The van der Waals surface area contributed by atoms with Gasteiger partial charge in [-0.1, -0.05) is 24.3 Å². The van der Waals surface area contributed by atoms with Gasteiger partial charge < -0.3 is 20.5 Å². The lowest BCUT2D eigenvalue weighted by atomic mass is 10.00. The molecule has 0 bridgehead atoms. The first-order chi connectivity index (χ1) is 14.1. The Balaban J connectivity index is 1.47. The number of hydrogen-bond acceptors (Lipinski definition) is 6. The number of nitrogens with one attached hydrogen (secondary N) is 2. The molecule has 2 aliphatic heterocycles. The van der Waals surface area contributed by atoms with Crippen LogP contribution in [-0.2, 0) is 22.5 Å². The minimum Gasteiger partial charge on any atom is -0.390 e. The molecular formula is C21H29N5O3. The van der Waals surface area contributed by atoms with Crippen molar-refractivity contribution in [2.45, 2.75) is 25.1 Å². The highest BCUT2D eigenvalue weighted by Crippen LogP contribution is 2.18. The molecule has 2 heterocycles. The van der Waals surface area contributed by atoms with Crippen molar-refractivity contribution in [1.82, 2.24) is 15.5 Å². The smallest absolute Gasteiger partial charge is 0.270 e. The zero-order valence-electron chi connectivity index (χ0n) is 16.8. The van der Waals surface area contributed by atoms with E-state index in [4.69, 9.17) is 4.74 Å². The zero-order valence-corrected chi connectivity index (χ0v) is 16.8. The summed E-state index contributed by atoms with van der Waals surface area (Å²) in [5.74, 6) is 0.152. The number of rotatable bonds is 8. The number of aliphatic imine (C=N–C) groups is 2. The van der Waals surface area contributed by atoms with Crippen LogP contribution in [-0.4, -0.2) is 80.5 Å². The van der Waals surface area contributed by atoms with Gasteiger partial charge in [0.25, 0.3) is 5.91 Å². The lowest BCUT2D eigenvalue weighted by Crippen LogP contribution is -2.48. The molecule has 29 heavy (non-hydrogen) atoms. The maximum absolute atomic E-state index is 12.4. The van der Waals surface area contributed by atoms with E-state index in [1.54, 1.807) is 13.1 Å². The van der Waals surface area contributed by atoms with Crippen LogP contribution in [0.2, 0.25) is 0 Å². The van der Waals surface area contributed by atoms with Gasteiger partial charge in [-0.05, 0) is 24.3 Å². The quantitative estimate of drug-likeness (QED) is 0.328. The average molecular weight is 399 g/mol. The molecule has 1 saturated heterocycles. The molecule has 8 heteroatoms. The fourth-order valence-electron chi connectivity index (χ4n) is 3.39. The molecule has 3 N–H and O–H groups in total. The number of carbonyl (C=O) groups is 1. The van der Waals surface area contributed by atoms with Crippen molar-refractivity contribution in [2.75, 3.05) is 39.9 Å². The van der Waals surface area contributed by atoms with E-state index in [1.165, 1.54) is 11.1 Å². The van der Waals surface area contributed by atoms with Gasteiger partial charge in [-0.3, -0.25) is 19.7 Å². The Morgan fingerprint density at radius 1 is 1.41 bits per heavy atom. The first-order valence-corrected chi connectivity index (χ1v) is 9.84. The van der Waals surface area contributed by atoms with Gasteiger partial charge in [0.05, 0.1) is 25.4 Å². The summed E-state index contributed by atoms with van der Waals surface area (Å²) >= 11 is 0. The van der Waals surface area contributed by atoms with Crippen LogP contribution in [0.15, 0.2) is 46.0 Å². The van der Waals surface area contributed by atoms with E-state index in [9.17, 15) is 9.90 Å². The summed E-state index contributed by atoms with van der Waals surface area (Å²) in [7, 11) is 1.64. The molecule has 0 spiro atoms. The molecule has 0 saturated carbocycles. The lowest BCUT2D eigenvalue weighted by Gasteiger charge is -2.30. The minimum atomic E-state index is -0.667. The van der Waals surface area contributed by atoms with Crippen molar-refractivity contribution >= 4 is 18.5 Å². The normalized spacial score (nSPS) is 19.1. The number of benzene rings is 1. The largest absolute Gasteiger partial charge is 0.390 e. The van der Waals surface area contributed by atoms with Gasteiger partial charge in [0.1, 0.15) is 11.5 Å². The van der Waals surface area contributed by atoms with Crippen molar-refractivity contribution in [3.8, 4) is 0 Å². The molecule has 1 aromatic carbocycles. The molecule has 1 amide bonds. The highest BCUT2D eigenvalue weighted by molar-refractivity contribution is 6.03. The van der Waals surface area contributed by atoms with Crippen LogP contribution < -0.4 is 10.6 Å². The summed E-state index contributed by atoms with van der Waals surface area (Å²) in [6.45, 7) is 7.05. The van der Waals surface area contributed by atoms with Gasteiger partial charge in [-0.2, -0.15) is 0 Å². The van der Waals surface area contributed by atoms with E-state index < -0.39 is 12.0 Å². The third kappa shape index (κ3) is 5.96. The fraction of sp³-hybridized carbons (Fsp3) is 0.476. The Labute approximate surface area is 171 Å². The minimum absolute atomic E-state index is 0.145. The molecule has 0 aliphatic carbocycles. The number of aliphatic hydroxyl groups excluding tert-OH is 1. The number of hydrogen-bond donors (Lipinski definition) is 3. The standard InChI is InChI=1S/C21H29N5O3/c1-22-19(9-20(23-2)25-17-13-29-14-17)21(28)24-10-18(27)12-26-8-7-15-5-3-4-6-16(15)11-26/h3-6,9,17-18,27H,1,7-8,10-14H2,2H3,(H,23,25)(H,24,28)/b19-9-/t18-/m1/s1. The van der Waals surface area contributed by atoms with E-state index in [0.29, 0.717) is 25.6 Å². The van der Waals surface area contributed by atoms with Crippen LogP contribution in [0.3, 0.4) is 0 Å². The molecule has 0 aromatic heterocycles. The van der Waals surface area contributed by atoms with Crippen molar-refractivity contribution < 1.29 is 14.6 Å². The van der Waals surface area contributed by atoms with Gasteiger partial charge >= 0.3 is 0 Å². The Kier molecular flexibility index (Phi) is 7.51. The molecule has 8 nitrogen and oxygen atoms in total. The van der Waals surface area contributed by atoms with Crippen LogP contribution in [0.25, 0.3) is 0 Å². The first kappa shape index (κ1) is 21.2. The van der Waals surface area contributed by atoms with Gasteiger partial charge in [0.15, 0.2) is 0 Å². The maximum Gasteiger partial charge on any atom is 0.270 e. The van der Waals surface area contributed by atoms with Gasteiger partial charge in [-0.25, -0.2) is 0 Å². The van der Waals surface area contributed by atoms with Crippen LogP contribution in [0.1, 0.15) is 11.1 Å². The van der Waals surface area contributed by atoms with Crippen LogP contribution >= 0.6 is 0 Å². The van der Waals surface area contributed by atoms with Crippen molar-refractivity contribution in [2.24, 2.45) is 9.98 Å². The second kappa shape index (κ2) is 10.3. The number of amides is 1. The summed E-state index contributed by atoms with van der Waals surface area (Å²) in [5, 5.41) is 16.3. The molecule has 1 aromatic rings. The van der Waals surface area contributed by atoms with Crippen LogP contribution in [0, 0.1) is 0 Å². The summed E-state index contributed by atoms with van der Waals surface area (Å²) in [6, 6.07) is 8.56. The number of ether oxygens (including phenoxy) is 1. The van der Waals surface area contributed by atoms with E-state index >= 15 is 0 Å². The molecular weight excluding hydrogens is 370 g/mol. The highest BCUT2D eigenvalue weighted by Gasteiger charge is 2.21. The summed E-state index contributed by atoms with van der Waals surface area (Å²) in [4.78, 5) is 22.5. The van der Waals surface area contributed by atoms with E-state index in [-0.39, 0.29) is 18.3 Å². The number of carbonyl (C=O) groups excluding carboxylic acids is 1. The lowest BCUT2D eigenvalue weighted by molar-refractivity contribution is -0.118. The number of aliphatic hydroxyl groups is 1. The third-order valence-corrected chi connectivity index (χ3v) is 5.08. The zero-order chi connectivity index (χ0) is 20.6. The Morgan fingerprint density at radius 2 is 2.17 bits per heavy atom. The number of β-amino-alcohol motifs (C(OH)–C–C–N with tert-alkyl or cyclic N) is 1. The molecule has 156 valence electrons. The first-order valence-electron chi connectivity index (χ1n) is 9.84. The SMILES string of the molecule is C=N/C(=C\C(=N/C)NC1COC1)C(=O)NC[C@@H](O)CN1CCc2ccccc2C1. The average Bonchev–Trinajstić information content (AvgIpc) is 2.71. The monoisotopic (exact) mass is 399 g/mol. The number of fused-ring (bicyclic) bond motifs is 1.